The second kappa shape index (κ2) is 6.81. The number of rotatable bonds is 4. The number of methoxy groups -OCH3 is 2. The highest BCUT2D eigenvalue weighted by atomic mass is 79.9. The smallest absolute Gasteiger partial charge is 0.141 e. The molecule has 0 aromatic heterocycles. The first kappa shape index (κ1) is 16.3. The van der Waals surface area contributed by atoms with Crippen molar-refractivity contribution < 1.29 is 9.47 Å². The third-order valence-corrected chi connectivity index (χ3v) is 5.03. The summed E-state index contributed by atoms with van der Waals surface area (Å²) in [6.45, 7) is 2.04. The number of aryl methyl sites for hydroxylation is 1. The molecule has 0 amide bonds. The molecule has 0 aliphatic carbocycles. The third-order valence-electron chi connectivity index (χ3n) is 3.39. The fourth-order valence-electron chi connectivity index (χ4n) is 2.20. The predicted molar refractivity (Wildman–Crippen MR) is 92.2 cm³/mol. The summed E-state index contributed by atoms with van der Waals surface area (Å²) in [5.74, 6) is 1.41. The lowest BCUT2D eigenvalue weighted by atomic mass is 9.97. The SMILES string of the molecule is COc1ccc(C(N)c2ccc(Br)c(C)c2)c(OC)c1Br. The van der Waals surface area contributed by atoms with Gasteiger partial charge in [-0.3, -0.25) is 0 Å². The van der Waals surface area contributed by atoms with E-state index < -0.39 is 0 Å². The lowest BCUT2D eigenvalue weighted by Crippen LogP contribution is -2.13. The van der Waals surface area contributed by atoms with Crippen LogP contribution in [-0.2, 0) is 0 Å². The van der Waals surface area contributed by atoms with Crippen LogP contribution in [-0.4, -0.2) is 14.2 Å². The molecule has 0 saturated carbocycles. The van der Waals surface area contributed by atoms with Gasteiger partial charge in [0.05, 0.1) is 20.3 Å². The zero-order valence-corrected chi connectivity index (χ0v) is 15.3. The molecule has 0 fully saturated rings. The van der Waals surface area contributed by atoms with Crippen LogP contribution in [0.5, 0.6) is 11.5 Å². The fourth-order valence-corrected chi connectivity index (χ4v) is 3.14. The van der Waals surface area contributed by atoms with E-state index in [0.29, 0.717) is 5.75 Å². The minimum atomic E-state index is -0.269. The monoisotopic (exact) mass is 413 g/mol. The van der Waals surface area contributed by atoms with E-state index in [1.165, 1.54) is 0 Å². The van der Waals surface area contributed by atoms with Crippen LogP contribution in [0.25, 0.3) is 0 Å². The zero-order valence-electron chi connectivity index (χ0n) is 12.1. The van der Waals surface area contributed by atoms with Gasteiger partial charge in [0, 0.05) is 10.0 Å². The average Bonchev–Trinajstić information content (AvgIpc) is 2.49. The van der Waals surface area contributed by atoms with Crippen molar-refractivity contribution in [2.75, 3.05) is 14.2 Å². The molecule has 0 radical (unpaired) electrons. The molecule has 1 unspecified atom stereocenters. The van der Waals surface area contributed by atoms with E-state index >= 15 is 0 Å². The average molecular weight is 415 g/mol. The van der Waals surface area contributed by atoms with Crippen LogP contribution >= 0.6 is 31.9 Å². The van der Waals surface area contributed by atoms with Gasteiger partial charge in [0.1, 0.15) is 16.0 Å². The molecular weight excluding hydrogens is 398 g/mol. The first-order valence-electron chi connectivity index (χ1n) is 6.41. The molecule has 21 heavy (non-hydrogen) atoms. The van der Waals surface area contributed by atoms with Gasteiger partial charge >= 0.3 is 0 Å². The molecule has 0 saturated heterocycles. The maximum Gasteiger partial charge on any atom is 0.141 e. The summed E-state index contributed by atoms with van der Waals surface area (Å²) in [7, 11) is 3.25. The molecule has 0 aliphatic heterocycles. The van der Waals surface area contributed by atoms with Gasteiger partial charge in [-0.25, -0.2) is 0 Å². The summed E-state index contributed by atoms with van der Waals surface area (Å²) in [6, 6.07) is 9.65. The number of halogens is 2. The van der Waals surface area contributed by atoms with Crippen molar-refractivity contribution >= 4 is 31.9 Å². The number of nitrogens with two attached hydrogens (primary N) is 1. The van der Waals surface area contributed by atoms with Crippen molar-refractivity contribution in [1.82, 2.24) is 0 Å². The molecule has 3 nitrogen and oxygen atoms in total. The molecule has 2 rings (SSSR count). The Hall–Kier alpha value is -1.04. The minimum absolute atomic E-state index is 0.269. The summed E-state index contributed by atoms with van der Waals surface area (Å²) >= 11 is 7.01. The van der Waals surface area contributed by atoms with Crippen LogP contribution in [0.1, 0.15) is 22.7 Å². The first-order chi connectivity index (χ1) is 9.99. The highest BCUT2D eigenvalue weighted by Crippen LogP contribution is 2.40. The van der Waals surface area contributed by atoms with Crippen molar-refractivity contribution in [1.29, 1.82) is 0 Å². The van der Waals surface area contributed by atoms with Crippen molar-refractivity contribution in [2.45, 2.75) is 13.0 Å². The number of hydrogen-bond acceptors (Lipinski definition) is 3. The Labute approximate surface area is 141 Å². The van der Waals surface area contributed by atoms with E-state index in [9.17, 15) is 0 Å². The zero-order chi connectivity index (χ0) is 15.6. The van der Waals surface area contributed by atoms with Crippen LogP contribution in [0.2, 0.25) is 0 Å². The molecule has 0 spiro atoms. The molecule has 1 atom stereocenters. The highest BCUT2D eigenvalue weighted by molar-refractivity contribution is 9.11. The number of hydrogen-bond donors (Lipinski definition) is 1. The topological polar surface area (TPSA) is 44.5 Å². The summed E-state index contributed by atoms with van der Waals surface area (Å²) < 4.78 is 12.6. The Balaban J connectivity index is 2.50. The van der Waals surface area contributed by atoms with Gasteiger partial charge in [-0.1, -0.05) is 28.1 Å². The van der Waals surface area contributed by atoms with Gasteiger partial charge in [-0.2, -0.15) is 0 Å². The van der Waals surface area contributed by atoms with E-state index in [2.05, 4.69) is 37.9 Å². The third kappa shape index (κ3) is 3.25. The van der Waals surface area contributed by atoms with Crippen molar-refractivity contribution in [3.63, 3.8) is 0 Å². The van der Waals surface area contributed by atoms with Gasteiger partial charge in [-0.05, 0) is 52.2 Å². The summed E-state index contributed by atoms with van der Waals surface area (Å²) in [6.07, 6.45) is 0. The second-order valence-corrected chi connectivity index (χ2v) is 6.34. The van der Waals surface area contributed by atoms with E-state index in [1.54, 1.807) is 14.2 Å². The van der Waals surface area contributed by atoms with Crippen LogP contribution in [0.15, 0.2) is 39.3 Å². The van der Waals surface area contributed by atoms with Crippen molar-refractivity contribution in [3.8, 4) is 11.5 Å². The molecule has 112 valence electrons. The Morgan fingerprint density at radius 2 is 1.76 bits per heavy atom. The Kier molecular flexibility index (Phi) is 5.30. The summed E-state index contributed by atoms with van der Waals surface area (Å²) in [4.78, 5) is 0. The Bertz CT molecular complexity index is 659. The number of ether oxygens (including phenoxy) is 2. The highest BCUT2D eigenvalue weighted by Gasteiger charge is 2.19. The van der Waals surface area contributed by atoms with Crippen LogP contribution in [0, 0.1) is 6.92 Å². The van der Waals surface area contributed by atoms with Crippen LogP contribution in [0.3, 0.4) is 0 Å². The molecule has 0 heterocycles. The maximum absolute atomic E-state index is 6.42. The normalized spacial score (nSPS) is 12.1. The van der Waals surface area contributed by atoms with Crippen LogP contribution in [0.4, 0.5) is 0 Å². The summed E-state index contributed by atoms with van der Waals surface area (Å²) in [5, 5.41) is 0. The Morgan fingerprint density at radius 3 is 2.33 bits per heavy atom. The quantitative estimate of drug-likeness (QED) is 0.795. The first-order valence-corrected chi connectivity index (χ1v) is 8.00. The summed E-state index contributed by atoms with van der Waals surface area (Å²) in [5.41, 5.74) is 9.51. The maximum atomic E-state index is 6.42. The molecular formula is C16H17Br2NO2. The molecule has 2 aromatic rings. The lowest BCUT2D eigenvalue weighted by Gasteiger charge is -2.19. The molecule has 0 bridgehead atoms. The van der Waals surface area contributed by atoms with Gasteiger partial charge in [-0.15, -0.1) is 0 Å². The predicted octanol–water partition coefficient (Wildman–Crippen LogP) is 4.59. The van der Waals surface area contributed by atoms with E-state index in [4.69, 9.17) is 15.2 Å². The van der Waals surface area contributed by atoms with E-state index in [1.807, 2.05) is 31.2 Å². The molecule has 0 aliphatic rings. The van der Waals surface area contributed by atoms with Crippen LogP contribution < -0.4 is 15.2 Å². The largest absolute Gasteiger partial charge is 0.495 e. The van der Waals surface area contributed by atoms with Gasteiger partial charge < -0.3 is 15.2 Å². The van der Waals surface area contributed by atoms with Crippen molar-refractivity contribution in [3.05, 3.63) is 56.0 Å². The molecule has 2 aromatic carbocycles. The lowest BCUT2D eigenvalue weighted by molar-refractivity contribution is 0.385. The van der Waals surface area contributed by atoms with E-state index in [-0.39, 0.29) is 6.04 Å². The fraction of sp³-hybridized carbons (Fsp3) is 0.250. The minimum Gasteiger partial charge on any atom is -0.495 e. The van der Waals surface area contributed by atoms with Crippen molar-refractivity contribution in [2.24, 2.45) is 5.73 Å². The van der Waals surface area contributed by atoms with Gasteiger partial charge in [0.25, 0.3) is 0 Å². The van der Waals surface area contributed by atoms with Gasteiger partial charge in [0.15, 0.2) is 0 Å². The number of benzene rings is 2. The standard InChI is InChI=1S/C16H17Br2NO2/c1-9-8-10(4-6-12(9)17)15(19)11-5-7-13(20-2)14(18)16(11)21-3/h4-8,15H,19H2,1-3H3. The Morgan fingerprint density at radius 1 is 1.05 bits per heavy atom. The molecule has 2 N–H and O–H groups in total. The van der Waals surface area contributed by atoms with E-state index in [0.717, 1.165) is 31.4 Å². The second-order valence-electron chi connectivity index (χ2n) is 4.69. The van der Waals surface area contributed by atoms with Gasteiger partial charge in [0.2, 0.25) is 0 Å². The molecule has 5 heteroatoms.